The number of ether oxygens (including phenoxy) is 1. The molecule has 0 aliphatic carbocycles. The maximum atomic E-state index is 5.76. The molecule has 0 unspecified atom stereocenters. The molecular weight excluding hydrogens is 224 g/mol. The van der Waals surface area contributed by atoms with E-state index in [1.54, 1.807) is 12.3 Å². The highest BCUT2D eigenvalue weighted by atomic mass is 16.5. The molecule has 0 saturated heterocycles. The summed E-state index contributed by atoms with van der Waals surface area (Å²) < 4.78 is 5.76. The molecule has 1 aromatic heterocycles. The predicted octanol–water partition coefficient (Wildman–Crippen LogP) is 3.61. The van der Waals surface area contributed by atoms with Crippen LogP contribution in [0.4, 0.5) is 5.69 Å². The Balaban J connectivity index is 1.95. The zero-order chi connectivity index (χ0) is 12.4. The van der Waals surface area contributed by atoms with Crippen LogP contribution in [0.3, 0.4) is 0 Å². The lowest BCUT2D eigenvalue weighted by Crippen LogP contribution is -1.88. The fourth-order valence-electron chi connectivity index (χ4n) is 1.83. The van der Waals surface area contributed by atoms with Crippen molar-refractivity contribution in [2.75, 3.05) is 5.73 Å². The second-order valence-electron chi connectivity index (χ2n) is 4.03. The molecule has 0 bridgehead atoms. The number of benzene rings is 2. The van der Waals surface area contributed by atoms with Gasteiger partial charge in [-0.1, -0.05) is 12.1 Å². The third-order valence-corrected chi connectivity index (χ3v) is 2.67. The summed E-state index contributed by atoms with van der Waals surface area (Å²) >= 11 is 0. The average molecular weight is 236 g/mol. The molecule has 0 saturated carbocycles. The van der Waals surface area contributed by atoms with Crippen LogP contribution in [-0.2, 0) is 0 Å². The topological polar surface area (TPSA) is 48.1 Å². The molecule has 0 aliphatic heterocycles. The largest absolute Gasteiger partial charge is 0.457 e. The third-order valence-electron chi connectivity index (χ3n) is 2.67. The van der Waals surface area contributed by atoms with E-state index in [1.807, 2.05) is 48.5 Å². The standard InChI is InChI=1S/C15H12N2O/c16-12-4-1-5-13(10-12)18-14-6-7-15-11(9-14)3-2-8-17-15/h1-10H,16H2. The normalized spacial score (nSPS) is 10.4. The minimum Gasteiger partial charge on any atom is -0.457 e. The van der Waals surface area contributed by atoms with Crippen molar-refractivity contribution < 1.29 is 4.74 Å². The van der Waals surface area contributed by atoms with Crippen LogP contribution in [-0.4, -0.2) is 4.98 Å². The van der Waals surface area contributed by atoms with Crippen LogP contribution < -0.4 is 10.5 Å². The van der Waals surface area contributed by atoms with Crippen molar-refractivity contribution in [1.82, 2.24) is 4.98 Å². The quantitative estimate of drug-likeness (QED) is 0.691. The van der Waals surface area contributed by atoms with Crippen LogP contribution in [0, 0.1) is 0 Å². The van der Waals surface area contributed by atoms with E-state index >= 15 is 0 Å². The molecule has 0 aliphatic rings. The molecule has 0 radical (unpaired) electrons. The zero-order valence-corrected chi connectivity index (χ0v) is 9.71. The molecular formula is C15H12N2O. The maximum absolute atomic E-state index is 5.76. The molecule has 1 heterocycles. The molecule has 3 aromatic rings. The van der Waals surface area contributed by atoms with E-state index in [0.29, 0.717) is 5.69 Å². The van der Waals surface area contributed by atoms with Crippen molar-refractivity contribution in [3.05, 3.63) is 60.8 Å². The highest BCUT2D eigenvalue weighted by Gasteiger charge is 2.00. The van der Waals surface area contributed by atoms with Gasteiger partial charge in [-0.3, -0.25) is 4.98 Å². The Hall–Kier alpha value is -2.55. The van der Waals surface area contributed by atoms with Crippen LogP contribution in [0.1, 0.15) is 0 Å². The van der Waals surface area contributed by atoms with Gasteiger partial charge >= 0.3 is 0 Å². The molecule has 3 nitrogen and oxygen atoms in total. The minimum atomic E-state index is 0.690. The Morgan fingerprint density at radius 1 is 0.889 bits per heavy atom. The lowest BCUT2D eigenvalue weighted by molar-refractivity contribution is 0.484. The number of hydrogen-bond acceptors (Lipinski definition) is 3. The first kappa shape index (κ1) is 10.6. The molecule has 2 N–H and O–H groups in total. The summed E-state index contributed by atoms with van der Waals surface area (Å²) in [5.74, 6) is 1.51. The molecule has 0 atom stereocenters. The van der Waals surface area contributed by atoms with Gasteiger partial charge in [-0.05, 0) is 36.4 Å². The van der Waals surface area contributed by atoms with E-state index in [-0.39, 0.29) is 0 Å². The van der Waals surface area contributed by atoms with E-state index in [9.17, 15) is 0 Å². The number of nitrogens with zero attached hydrogens (tertiary/aromatic N) is 1. The predicted molar refractivity (Wildman–Crippen MR) is 72.7 cm³/mol. The summed E-state index contributed by atoms with van der Waals surface area (Å²) in [4.78, 5) is 4.27. The Morgan fingerprint density at radius 3 is 2.67 bits per heavy atom. The van der Waals surface area contributed by atoms with Gasteiger partial charge in [-0.2, -0.15) is 0 Å². The number of nitrogens with two attached hydrogens (primary N) is 1. The Labute approximate surface area is 105 Å². The average Bonchev–Trinajstić information content (AvgIpc) is 2.39. The number of aromatic nitrogens is 1. The van der Waals surface area contributed by atoms with Crippen molar-refractivity contribution in [1.29, 1.82) is 0 Å². The van der Waals surface area contributed by atoms with Gasteiger partial charge in [-0.25, -0.2) is 0 Å². The van der Waals surface area contributed by atoms with Crippen LogP contribution in [0.15, 0.2) is 60.8 Å². The van der Waals surface area contributed by atoms with Gasteiger partial charge in [0.15, 0.2) is 0 Å². The minimum absolute atomic E-state index is 0.690. The summed E-state index contributed by atoms with van der Waals surface area (Å²) in [7, 11) is 0. The number of anilines is 1. The number of pyridine rings is 1. The first-order valence-corrected chi connectivity index (χ1v) is 5.69. The third kappa shape index (κ3) is 2.11. The van der Waals surface area contributed by atoms with Crippen molar-refractivity contribution in [2.24, 2.45) is 0 Å². The monoisotopic (exact) mass is 236 g/mol. The Bertz CT molecular complexity index is 695. The van der Waals surface area contributed by atoms with Crippen LogP contribution in [0.2, 0.25) is 0 Å². The van der Waals surface area contributed by atoms with Crippen LogP contribution in [0.25, 0.3) is 10.9 Å². The van der Waals surface area contributed by atoms with Crippen LogP contribution >= 0.6 is 0 Å². The molecule has 3 rings (SSSR count). The summed E-state index contributed by atoms with van der Waals surface area (Å²) in [6.07, 6.45) is 1.78. The van der Waals surface area contributed by atoms with Crippen molar-refractivity contribution in [3.63, 3.8) is 0 Å². The number of hydrogen-bond donors (Lipinski definition) is 1. The number of nitrogen functional groups attached to an aromatic ring is 1. The fraction of sp³-hybridized carbons (Fsp3) is 0. The summed E-state index contributed by atoms with van der Waals surface area (Å²) in [5.41, 5.74) is 7.36. The van der Waals surface area contributed by atoms with E-state index < -0.39 is 0 Å². The van der Waals surface area contributed by atoms with Gasteiger partial charge in [0.25, 0.3) is 0 Å². The lowest BCUT2D eigenvalue weighted by Gasteiger charge is -2.07. The number of rotatable bonds is 2. The van der Waals surface area contributed by atoms with Gasteiger partial charge in [0.2, 0.25) is 0 Å². The highest BCUT2D eigenvalue weighted by molar-refractivity contribution is 5.79. The Morgan fingerprint density at radius 2 is 1.78 bits per heavy atom. The summed E-state index contributed by atoms with van der Waals surface area (Å²) in [5, 5.41) is 1.05. The van der Waals surface area contributed by atoms with Gasteiger partial charge in [0, 0.05) is 23.3 Å². The summed E-state index contributed by atoms with van der Waals surface area (Å²) in [6, 6.07) is 17.1. The maximum Gasteiger partial charge on any atom is 0.129 e. The Kier molecular flexibility index (Phi) is 2.57. The second kappa shape index (κ2) is 4.37. The van der Waals surface area contributed by atoms with Crippen molar-refractivity contribution >= 4 is 16.6 Å². The second-order valence-corrected chi connectivity index (χ2v) is 4.03. The molecule has 3 heteroatoms. The van der Waals surface area contributed by atoms with Gasteiger partial charge in [0.05, 0.1) is 5.52 Å². The molecule has 88 valence electrons. The van der Waals surface area contributed by atoms with Gasteiger partial charge in [0.1, 0.15) is 11.5 Å². The molecule has 0 spiro atoms. The van der Waals surface area contributed by atoms with Crippen molar-refractivity contribution in [3.8, 4) is 11.5 Å². The van der Waals surface area contributed by atoms with Crippen molar-refractivity contribution in [2.45, 2.75) is 0 Å². The molecule has 18 heavy (non-hydrogen) atoms. The highest BCUT2D eigenvalue weighted by Crippen LogP contribution is 2.25. The zero-order valence-electron chi connectivity index (χ0n) is 9.71. The molecule has 0 fully saturated rings. The first-order valence-electron chi connectivity index (χ1n) is 5.69. The van der Waals surface area contributed by atoms with Gasteiger partial charge < -0.3 is 10.5 Å². The summed E-state index contributed by atoms with van der Waals surface area (Å²) in [6.45, 7) is 0. The van der Waals surface area contributed by atoms with Gasteiger partial charge in [-0.15, -0.1) is 0 Å². The van der Waals surface area contributed by atoms with E-state index in [4.69, 9.17) is 10.5 Å². The van der Waals surface area contributed by atoms with Crippen LogP contribution in [0.5, 0.6) is 11.5 Å². The number of fused-ring (bicyclic) bond motifs is 1. The fourth-order valence-corrected chi connectivity index (χ4v) is 1.83. The van der Waals surface area contributed by atoms with E-state index in [2.05, 4.69) is 4.98 Å². The smallest absolute Gasteiger partial charge is 0.129 e. The lowest BCUT2D eigenvalue weighted by atomic mass is 10.2. The van der Waals surface area contributed by atoms with E-state index in [0.717, 1.165) is 22.4 Å². The first-order chi connectivity index (χ1) is 8.81. The van der Waals surface area contributed by atoms with E-state index in [1.165, 1.54) is 0 Å². The molecule has 2 aromatic carbocycles. The SMILES string of the molecule is Nc1cccc(Oc2ccc3ncccc3c2)c1. The molecule has 0 amide bonds.